The minimum atomic E-state index is -0.906. The summed E-state index contributed by atoms with van der Waals surface area (Å²) in [5.74, 6) is -0.551. The second-order valence-corrected chi connectivity index (χ2v) is 3.88. The van der Waals surface area contributed by atoms with Crippen molar-refractivity contribution in [3.05, 3.63) is 28.5 Å². The normalized spacial score (nSPS) is 18.0. The molecule has 0 bridgehead atoms. The van der Waals surface area contributed by atoms with Crippen LogP contribution in [0, 0.1) is 5.82 Å². The summed E-state index contributed by atoms with van der Waals surface area (Å²) in [5, 5.41) is 9.85. The molecule has 1 aliphatic carbocycles. The van der Waals surface area contributed by atoms with Gasteiger partial charge in [-0.2, -0.15) is 0 Å². The molecule has 14 heavy (non-hydrogen) atoms. The smallest absolute Gasteiger partial charge is 0.183 e. The Morgan fingerprint density at radius 2 is 2.14 bits per heavy atom. The fourth-order valence-electron chi connectivity index (χ4n) is 1.49. The molecule has 2 rings (SSSR count). The van der Waals surface area contributed by atoms with Gasteiger partial charge in [0, 0.05) is 5.56 Å². The molecule has 0 aromatic heterocycles. The molecule has 1 aliphatic rings. The summed E-state index contributed by atoms with van der Waals surface area (Å²) in [4.78, 5) is 0. The Kier molecular flexibility index (Phi) is 2.16. The second kappa shape index (κ2) is 3.11. The highest BCUT2D eigenvalue weighted by Gasteiger charge is 2.45. The van der Waals surface area contributed by atoms with E-state index in [1.807, 2.05) is 0 Å². The molecule has 0 amide bonds. The molecule has 0 heterocycles. The third kappa shape index (κ3) is 1.37. The van der Waals surface area contributed by atoms with Crippen LogP contribution in [0.1, 0.15) is 18.4 Å². The monoisotopic (exact) mass is 216 g/mol. The number of hydrogen-bond acceptors (Lipinski definition) is 2. The molecule has 0 aliphatic heterocycles. The van der Waals surface area contributed by atoms with Gasteiger partial charge < -0.3 is 9.84 Å². The second-order valence-electron chi connectivity index (χ2n) is 3.47. The van der Waals surface area contributed by atoms with Crippen molar-refractivity contribution in [2.45, 2.75) is 18.4 Å². The van der Waals surface area contributed by atoms with E-state index in [1.165, 1.54) is 13.2 Å². The molecule has 0 spiro atoms. The topological polar surface area (TPSA) is 29.5 Å². The molecule has 1 aromatic carbocycles. The van der Waals surface area contributed by atoms with Crippen molar-refractivity contribution in [3.8, 4) is 5.75 Å². The Morgan fingerprint density at radius 1 is 1.50 bits per heavy atom. The summed E-state index contributed by atoms with van der Waals surface area (Å²) in [6.07, 6.45) is 1.29. The van der Waals surface area contributed by atoms with E-state index in [4.69, 9.17) is 16.3 Å². The first-order valence-electron chi connectivity index (χ1n) is 4.33. The van der Waals surface area contributed by atoms with Gasteiger partial charge in [0.25, 0.3) is 0 Å². The molecule has 1 N–H and O–H groups in total. The van der Waals surface area contributed by atoms with Gasteiger partial charge in [-0.1, -0.05) is 17.7 Å². The first-order valence-corrected chi connectivity index (χ1v) is 4.71. The molecule has 76 valence electrons. The molecule has 0 saturated heterocycles. The first kappa shape index (κ1) is 9.74. The fraction of sp³-hybridized carbons (Fsp3) is 0.400. The van der Waals surface area contributed by atoms with E-state index >= 15 is 0 Å². The van der Waals surface area contributed by atoms with Crippen molar-refractivity contribution in [1.29, 1.82) is 0 Å². The van der Waals surface area contributed by atoms with Crippen LogP contribution >= 0.6 is 11.6 Å². The van der Waals surface area contributed by atoms with Crippen LogP contribution in [0.5, 0.6) is 5.75 Å². The molecule has 0 radical (unpaired) electrons. The maximum absolute atomic E-state index is 13.5. The Bertz CT molecular complexity index is 375. The lowest BCUT2D eigenvalue weighted by atomic mass is 10.1. The SMILES string of the molecule is COc1c(C2(O)CC2)ccc(Cl)c1F. The Hall–Kier alpha value is -0.800. The number of aliphatic hydroxyl groups is 1. The van der Waals surface area contributed by atoms with E-state index in [-0.39, 0.29) is 10.8 Å². The molecule has 1 aromatic rings. The highest BCUT2D eigenvalue weighted by atomic mass is 35.5. The van der Waals surface area contributed by atoms with Gasteiger partial charge in [0.05, 0.1) is 17.7 Å². The lowest BCUT2D eigenvalue weighted by Gasteiger charge is -2.14. The van der Waals surface area contributed by atoms with E-state index in [9.17, 15) is 9.50 Å². The Labute approximate surface area is 86.3 Å². The fourth-order valence-corrected chi connectivity index (χ4v) is 1.63. The van der Waals surface area contributed by atoms with Crippen LogP contribution in [0.4, 0.5) is 4.39 Å². The van der Waals surface area contributed by atoms with E-state index in [0.717, 1.165) is 0 Å². The quantitative estimate of drug-likeness (QED) is 0.823. The highest BCUT2D eigenvalue weighted by Crippen LogP contribution is 2.49. The van der Waals surface area contributed by atoms with Crippen molar-refractivity contribution in [2.24, 2.45) is 0 Å². The van der Waals surface area contributed by atoms with Crippen LogP contribution in [0.25, 0.3) is 0 Å². The predicted octanol–water partition coefficient (Wildman–Crippen LogP) is 2.47. The van der Waals surface area contributed by atoms with Crippen LogP contribution in [-0.2, 0) is 5.60 Å². The third-order valence-corrected chi connectivity index (χ3v) is 2.77. The van der Waals surface area contributed by atoms with Gasteiger partial charge in [-0.25, -0.2) is 4.39 Å². The standard InChI is InChI=1S/C10H10ClFO2/c1-14-9-6(10(13)4-5-10)2-3-7(11)8(9)12/h2-3,13H,4-5H2,1H3. The average Bonchev–Trinajstić information content (AvgIpc) is 2.89. The van der Waals surface area contributed by atoms with Crippen LogP contribution in [0.15, 0.2) is 12.1 Å². The summed E-state index contributed by atoms with van der Waals surface area (Å²) >= 11 is 5.60. The number of rotatable bonds is 2. The van der Waals surface area contributed by atoms with E-state index in [1.54, 1.807) is 6.07 Å². The van der Waals surface area contributed by atoms with Crippen LogP contribution in [0.2, 0.25) is 5.02 Å². The van der Waals surface area contributed by atoms with Gasteiger partial charge in [-0.05, 0) is 18.9 Å². The van der Waals surface area contributed by atoms with Crippen LogP contribution in [0.3, 0.4) is 0 Å². The zero-order valence-corrected chi connectivity index (χ0v) is 8.44. The zero-order chi connectivity index (χ0) is 10.3. The molecule has 2 nitrogen and oxygen atoms in total. The number of hydrogen-bond donors (Lipinski definition) is 1. The van der Waals surface area contributed by atoms with Crippen molar-refractivity contribution in [1.82, 2.24) is 0 Å². The van der Waals surface area contributed by atoms with Crippen molar-refractivity contribution < 1.29 is 14.2 Å². The van der Waals surface area contributed by atoms with Crippen molar-refractivity contribution in [2.75, 3.05) is 7.11 Å². The largest absolute Gasteiger partial charge is 0.493 e. The maximum atomic E-state index is 13.5. The van der Waals surface area contributed by atoms with Gasteiger partial charge in [0.1, 0.15) is 0 Å². The van der Waals surface area contributed by atoms with Gasteiger partial charge in [0.15, 0.2) is 11.6 Å². The summed E-state index contributed by atoms with van der Waals surface area (Å²) in [5.41, 5.74) is -0.418. The van der Waals surface area contributed by atoms with Crippen LogP contribution < -0.4 is 4.74 Å². The predicted molar refractivity (Wildman–Crippen MR) is 51.1 cm³/mol. The number of benzene rings is 1. The van der Waals surface area contributed by atoms with E-state index in [2.05, 4.69) is 0 Å². The van der Waals surface area contributed by atoms with Gasteiger partial charge in [-0.3, -0.25) is 0 Å². The first-order chi connectivity index (χ1) is 6.58. The summed E-state index contributed by atoms with van der Waals surface area (Å²) in [7, 11) is 1.37. The minimum Gasteiger partial charge on any atom is -0.493 e. The molecule has 1 saturated carbocycles. The Morgan fingerprint density at radius 3 is 2.64 bits per heavy atom. The Balaban J connectivity index is 2.55. The van der Waals surface area contributed by atoms with Gasteiger partial charge in [0.2, 0.25) is 0 Å². The molecule has 0 atom stereocenters. The van der Waals surface area contributed by atoms with Crippen LogP contribution in [-0.4, -0.2) is 12.2 Å². The van der Waals surface area contributed by atoms with Crippen molar-refractivity contribution >= 4 is 11.6 Å². The highest BCUT2D eigenvalue weighted by molar-refractivity contribution is 6.30. The zero-order valence-electron chi connectivity index (χ0n) is 7.68. The molecular weight excluding hydrogens is 207 g/mol. The van der Waals surface area contributed by atoms with Gasteiger partial charge in [-0.15, -0.1) is 0 Å². The summed E-state index contributed by atoms with van der Waals surface area (Å²) in [6, 6.07) is 3.04. The lowest BCUT2D eigenvalue weighted by Crippen LogP contribution is -2.08. The molecule has 1 fully saturated rings. The van der Waals surface area contributed by atoms with E-state index in [0.29, 0.717) is 18.4 Å². The number of halogens is 2. The van der Waals surface area contributed by atoms with Crippen molar-refractivity contribution in [3.63, 3.8) is 0 Å². The summed E-state index contributed by atoms with van der Waals surface area (Å²) in [6.45, 7) is 0. The average molecular weight is 217 g/mol. The molecular formula is C10H10ClFO2. The lowest BCUT2D eigenvalue weighted by molar-refractivity contribution is 0.146. The third-order valence-electron chi connectivity index (χ3n) is 2.48. The summed E-state index contributed by atoms with van der Waals surface area (Å²) < 4.78 is 18.4. The van der Waals surface area contributed by atoms with E-state index < -0.39 is 11.4 Å². The number of ether oxygens (including phenoxy) is 1. The minimum absolute atomic E-state index is 0.00912. The molecule has 4 heteroatoms. The molecule has 0 unspecified atom stereocenters. The maximum Gasteiger partial charge on any atom is 0.183 e. The number of methoxy groups -OCH3 is 1. The van der Waals surface area contributed by atoms with Gasteiger partial charge >= 0.3 is 0 Å².